The lowest BCUT2D eigenvalue weighted by Gasteiger charge is -2.13. The van der Waals surface area contributed by atoms with E-state index in [1.807, 2.05) is 61.5 Å². The lowest BCUT2D eigenvalue weighted by Crippen LogP contribution is -2.13. The zero-order valence-corrected chi connectivity index (χ0v) is 11.9. The van der Waals surface area contributed by atoms with Crippen molar-refractivity contribution in [1.82, 2.24) is 4.98 Å². The molecule has 20 heavy (non-hydrogen) atoms. The van der Waals surface area contributed by atoms with E-state index in [0.29, 0.717) is 0 Å². The van der Waals surface area contributed by atoms with Crippen LogP contribution < -0.4 is 5.73 Å². The molecule has 0 aliphatic rings. The first-order chi connectivity index (χ1) is 9.65. The van der Waals surface area contributed by atoms with Gasteiger partial charge in [0.05, 0.1) is 17.3 Å². The van der Waals surface area contributed by atoms with E-state index in [2.05, 4.69) is 4.98 Å². The summed E-state index contributed by atoms with van der Waals surface area (Å²) in [6.07, 6.45) is 0. The number of aromatic nitrogens is 1. The maximum atomic E-state index is 6.31. The Kier molecular flexibility index (Phi) is 3.43. The van der Waals surface area contributed by atoms with Gasteiger partial charge >= 0.3 is 0 Å². The lowest BCUT2D eigenvalue weighted by atomic mass is 10.0. The summed E-state index contributed by atoms with van der Waals surface area (Å²) in [4.78, 5) is 4.64. The molecule has 2 aromatic carbocycles. The van der Waals surface area contributed by atoms with Gasteiger partial charge in [-0.15, -0.1) is 0 Å². The maximum Gasteiger partial charge on any atom is 0.0727 e. The molecule has 0 radical (unpaired) electrons. The monoisotopic (exact) mass is 282 g/mol. The van der Waals surface area contributed by atoms with Crippen LogP contribution in [0.1, 0.15) is 22.9 Å². The van der Waals surface area contributed by atoms with Crippen molar-refractivity contribution in [2.45, 2.75) is 13.0 Å². The number of hydrogen-bond donors (Lipinski definition) is 1. The predicted octanol–water partition coefficient (Wildman–Crippen LogP) is 4.24. The number of para-hydroxylation sites is 1. The fourth-order valence-corrected chi connectivity index (χ4v) is 2.42. The molecule has 0 amide bonds. The van der Waals surface area contributed by atoms with Gasteiger partial charge in [-0.25, -0.2) is 0 Å². The molecule has 1 unspecified atom stereocenters. The van der Waals surface area contributed by atoms with Crippen LogP contribution in [0.15, 0.2) is 54.6 Å². The van der Waals surface area contributed by atoms with Crippen LogP contribution in [0.25, 0.3) is 10.9 Å². The van der Waals surface area contributed by atoms with Gasteiger partial charge in [-0.1, -0.05) is 48.0 Å². The summed E-state index contributed by atoms with van der Waals surface area (Å²) in [6.45, 7) is 1.98. The van der Waals surface area contributed by atoms with Crippen molar-refractivity contribution in [3.8, 4) is 0 Å². The summed E-state index contributed by atoms with van der Waals surface area (Å²) in [5.74, 6) is 0. The Morgan fingerprint density at radius 2 is 1.85 bits per heavy atom. The average molecular weight is 283 g/mol. The topological polar surface area (TPSA) is 38.9 Å². The molecule has 0 saturated heterocycles. The standard InChI is InChI=1S/C17H15ClN2/c1-11-6-7-13(10-14(11)18)17(19)16-9-8-12-4-2-3-5-15(12)20-16/h2-10,17H,19H2,1H3. The van der Waals surface area contributed by atoms with E-state index in [-0.39, 0.29) is 6.04 Å². The van der Waals surface area contributed by atoms with Gasteiger partial charge in [0.25, 0.3) is 0 Å². The Balaban J connectivity index is 2.02. The van der Waals surface area contributed by atoms with E-state index < -0.39 is 0 Å². The van der Waals surface area contributed by atoms with E-state index >= 15 is 0 Å². The van der Waals surface area contributed by atoms with Gasteiger partial charge in [-0.3, -0.25) is 4.98 Å². The molecule has 0 aliphatic carbocycles. The minimum Gasteiger partial charge on any atom is -0.319 e. The van der Waals surface area contributed by atoms with Crippen molar-refractivity contribution in [3.63, 3.8) is 0 Å². The van der Waals surface area contributed by atoms with E-state index in [1.165, 1.54) is 0 Å². The number of aryl methyl sites for hydroxylation is 1. The molecule has 0 saturated carbocycles. The zero-order chi connectivity index (χ0) is 14.1. The molecule has 3 aromatic rings. The number of fused-ring (bicyclic) bond motifs is 1. The van der Waals surface area contributed by atoms with Crippen LogP contribution >= 0.6 is 11.6 Å². The SMILES string of the molecule is Cc1ccc(C(N)c2ccc3ccccc3n2)cc1Cl. The van der Waals surface area contributed by atoms with Crippen LogP contribution in [0.5, 0.6) is 0 Å². The van der Waals surface area contributed by atoms with Crippen molar-refractivity contribution in [2.24, 2.45) is 5.73 Å². The smallest absolute Gasteiger partial charge is 0.0727 e. The average Bonchev–Trinajstić information content (AvgIpc) is 2.49. The first-order valence-electron chi connectivity index (χ1n) is 6.52. The summed E-state index contributed by atoms with van der Waals surface area (Å²) in [5.41, 5.74) is 10.1. The number of nitrogens with two attached hydrogens (primary N) is 1. The van der Waals surface area contributed by atoms with Gasteiger partial charge in [-0.2, -0.15) is 0 Å². The molecule has 3 rings (SSSR count). The van der Waals surface area contributed by atoms with E-state index in [1.54, 1.807) is 0 Å². The first kappa shape index (κ1) is 13.1. The van der Waals surface area contributed by atoms with Gasteiger partial charge in [0.2, 0.25) is 0 Å². The maximum absolute atomic E-state index is 6.31. The molecule has 0 fully saturated rings. The molecule has 2 nitrogen and oxygen atoms in total. The second-order valence-electron chi connectivity index (χ2n) is 4.92. The van der Waals surface area contributed by atoms with Crippen molar-refractivity contribution in [1.29, 1.82) is 0 Å². The number of benzene rings is 2. The summed E-state index contributed by atoms with van der Waals surface area (Å²) < 4.78 is 0. The van der Waals surface area contributed by atoms with Gasteiger partial charge < -0.3 is 5.73 Å². The molecular weight excluding hydrogens is 268 g/mol. The van der Waals surface area contributed by atoms with Crippen LogP contribution in [0, 0.1) is 6.92 Å². The summed E-state index contributed by atoms with van der Waals surface area (Å²) in [5, 5.41) is 1.85. The van der Waals surface area contributed by atoms with E-state index in [0.717, 1.165) is 32.7 Å². The van der Waals surface area contributed by atoms with Crippen LogP contribution in [-0.4, -0.2) is 4.98 Å². The number of nitrogens with zero attached hydrogens (tertiary/aromatic N) is 1. The van der Waals surface area contributed by atoms with Crippen LogP contribution in [0.4, 0.5) is 0 Å². The third-order valence-electron chi connectivity index (χ3n) is 3.49. The highest BCUT2D eigenvalue weighted by Crippen LogP contribution is 2.24. The quantitative estimate of drug-likeness (QED) is 0.763. The van der Waals surface area contributed by atoms with E-state index in [4.69, 9.17) is 17.3 Å². The molecule has 0 bridgehead atoms. The lowest BCUT2D eigenvalue weighted by molar-refractivity contribution is 0.835. The minimum absolute atomic E-state index is 0.266. The van der Waals surface area contributed by atoms with E-state index in [9.17, 15) is 0 Å². The van der Waals surface area contributed by atoms with Crippen LogP contribution in [-0.2, 0) is 0 Å². The molecular formula is C17H15ClN2. The largest absolute Gasteiger partial charge is 0.319 e. The van der Waals surface area contributed by atoms with Crippen LogP contribution in [0.2, 0.25) is 5.02 Å². The fourth-order valence-electron chi connectivity index (χ4n) is 2.23. The molecule has 3 heteroatoms. The fraction of sp³-hybridized carbons (Fsp3) is 0.118. The van der Waals surface area contributed by atoms with Gasteiger partial charge in [0.1, 0.15) is 0 Å². The number of pyridine rings is 1. The summed E-state index contributed by atoms with van der Waals surface area (Å²) >= 11 is 6.16. The number of hydrogen-bond acceptors (Lipinski definition) is 2. The highest BCUT2D eigenvalue weighted by atomic mass is 35.5. The number of halogens is 1. The van der Waals surface area contributed by atoms with Crippen molar-refractivity contribution in [3.05, 3.63) is 76.4 Å². The second kappa shape index (κ2) is 5.23. The Bertz CT molecular complexity index is 768. The Morgan fingerprint density at radius 3 is 2.65 bits per heavy atom. The molecule has 2 N–H and O–H groups in total. The highest BCUT2D eigenvalue weighted by Gasteiger charge is 2.12. The summed E-state index contributed by atoms with van der Waals surface area (Å²) in [7, 11) is 0. The van der Waals surface area contributed by atoms with Crippen molar-refractivity contribution >= 4 is 22.5 Å². The third kappa shape index (κ3) is 2.40. The second-order valence-corrected chi connectivity index (χ2v) is 5.32. The number of rotatable bonds is 2. The van der Waals surface area contributed by atoms with Crippen molar-refractivity contribution in [2.75, 3.05) is 0 Å². The minimum atomic E-state index is -0.266. The van der Waals surface area contributed by atoms with Gasteiger partial charge in [-0.05, 0) is 36.2 Å². The Morgan fingerprint density at radius 1 is 1.05 bits per heavy atom. The van der Waals surface area contributed by atoms with Crippen LogP contribution in [0.3, 0.4) is 0 Å². The Hall–Kier alpha value is -1.90. The molecule has 0 spiro atoms. The van der Waals surface area contributed by atoms with Crippen molar-refractivity contribution < 1.29 is 0 Å². The third-order valence-corrected chi connectivity index (χ3v) is 3.90. The van der Waals surface area contributed by atoms with Gasteiger partial charge in [0, 0.05) is 10.4 Å². The predicted molar refractivity (Wildman–Crippen MR) is 84.0 cm³/mol. The zero-order valence-electron chi connectivity index (χ0n) is 11.2. The normalized spacial score (nSPS) is 12.6. The molecule has 1 aromatic heterocycles. The highest BCUT2D eigenvalue weighted by molar-refractivity contribution is 6.31. The first-order valence-corrected chi connectivity index (χ1v) is 6.90. The van der Waals surface area contributed by atoms with Gasteiger partial charge in [0.15, 0.2) is 0 Å². The Labute approximate surface area is 123 Å². The molecule has 1 atom stereocenters. The molecule has 100 valence electrons. The summed E-state index contributed by atoms with van der Waals surface area (Å²) in [6, 6.07) is 17.7. The molecule has 1 heterocycles. The molecule has 0 aliphatic heterocycles.